The van der Waals surface area contributed by atoms with Crippen molar-refractivity contribution in [2.45, 2.75) is 0 Å². The number of hydrogen-bond acceptors (Lipinski definition) is 6. The predicted molar refractivity (Wildman–Crippen MR) is 121 cm³/mol. The van der Waals surface area contributed by atoms with Gasteiger partial charge in [-0.15, -0.1) is 0 Å². The second-order valence-corrected chi connectivity index (χ2v) is 8.34. The Labute approximate surface area is 196 Å². The van der Waals surface area contributed by atoms with Crippen LogP contribution in [0.4, 0.5) is 0 Å². The third kappa shape index (κ3) is 6.28. The van der Waals surface area contributed by atoms with Gasteiger partial charge in [-0.25, -0.2) is 10.2 Å². The highest BCUT2D eigenvalue weighted by atomic mass is 79.9. The van der Waals surface area contributed by atoms with Crippen molar-refractivity contribution >= 4 is 65.9 Å². The van der Waals surface area contributed by atoms with E-state index in [4.69, 9.17) is 13.9 Å². The molecule has 0 spiro atoms. The number of nitrogens with one attached hydrogen (secondary N) is 1. The number of carbonyl (C=O) groups excluding carboxylic acids is 2. The van der Waals surface area contributed by atoms with Gasteiger partial charge in [-0.05, 0) is 86.0 Å². The Morgan fingerprint density at radius 3 is 2.40 bits per heavy atom. The van der Waals surface area contributed by atoms with E-state index in [9.17, 15) is 9.59 Å². The summed E-state index contributed by atoms with van der Waals surface area (Å²) in [7, 11) is 0. The molecule has 2 aromatic carbocycles. The van der Waals surface area contributed by atoms with E-state index in [2.05, 4.69) is 58.3 Å². The van der Waals surface area contributed by atoms with E-state index in [-0.39, 0.29) is 12.4 Å². The molecule has 3 rings (SSSR count). The third-order valence-corrected chi connectivity index (χ3v) is 5.16. The average molecular weight is 601 g/mol. The molecule has 0 unspecified atom stereocenters. The Morgan fingerprint density at radius 1 is 1.07 bits per heavy atom. The van der Waals surface area contributed by atoms with Crippen molar-refractivity contribution in [3.05, 3.63) is 79.5 Å². The molecular weight excluding hydrogens is 588 g/mol. The van der Waals surface area contributed by atoms with E-state index in [1.54, 1.807) is 30.3 Å². The normalized spacial score (nSPS) is 10.8. The van der Waals surface area contributed by atoms with Crippen molar-refractivity contribution in [2.24, 2.45) is 5.10 Å². The van der Waals surface area contributed by atoms with Gasteiger partial charge in [-0.3, -0.25) is 4.79 Å². The Kier molecular flexibility index (Phi) is 7.83. The van der Waals surface area contributed by atoms with E-state index in [0.717, 1.165) is 4.47 Å². The average Bonchev–Trinajstić information content (AvgIpc) is 3.23. The van der Waals surface area contributed by atoms with Crippen LogP contribution in [0.1, 0.15) is 16.1 Å². The van der Waals surface area contributed by atoms with Crippen molar-refractivity contribution in [2.75, 3.05) is 6.61 Å². The molecule has 0 radical (unpaired) electrons. The smallest absolute Gasteiger partial charge is 0.379 e. The van der Waals surface area contributed by atoms with Gasteiger partial charge in [-0.2, -0.15) is 5.10 Å². The number of carbonyl (C=O) groups is 2. The number of hydrogen-bond donors (Lipinski definition) is 1. The summed E-state index contributed by atoms with van der Waals surface area (Å²) in [4.78, 5) is 23.7. The zero-order chi connectivity index (χ0) is 21.5. The van der Waals surface area contributed by atoms with E-state index in [0.29, 0.717) is 26.0 Å². The lowest BCUT2D eigenvalue weighted by Crippen LogP contribution is -2.24. The Hall–Kier alpha value is -2.43. The molecule has 0 bridgehead atoms. The number of rotatable bonds is 7. The second kappa shape index (κ2) is 10.6. The highest BCUT2D eigenvalue weighted by Gasteiger charge is 2.11. The summed E-state index contributed by atoms with van der Waals surface area (Å²) >= 11 is 10.1. The number of esters is 1. The van der Waals surface area contributed by atoms with Crippen LogP contribution in [0.3, 0.4) is 0 Å². The van der Waals surface area contributed by atoms with Crippen molar-refractivity contribution in [3.8, 4) is 11.5 Å². The number of ether oxygens (including phenoxy) is 2. The number of furan rings is 1. The molecule has 0 atom stereocenters. The second-order valence-electron chi connectivity index (χ2n) is 5.72. The highest BCUT2D eigenvalue weighted by molar-refractivity contribution is 9.11. The topological polar surface area (TPSA) is 90.1 Å². The minimum absolute atomic E-state index is 0.118. The summed E-state index contributed by atoms with van der Waals surface area (Å²) in [5.74, 6) is -0.0175. The molecule has 30 heavy (non-hydrogen) atoms. The summed E-state index contributed by atoms with van der Waals surface area (Å²) in [6, 6.07) is 13.3. The van der Waals surface area contributed by atoms with Crippen LogP contribution in [0.2, 0.25) is 0 Å². The van der Waals surface area contributed by atoms with Gasteiger partial charge < -0.3 is 13.9 Å². The molecule has 0 fully saturated rings. The number of benzene rings is 2. The molecule has 7 nitrogen and oxygen atoms in total. The van der Waals surface area contributed by atoms with Gasteiger partial charge in [0.2, 0.25) is 5.76 Å². The fourth-order valence-corrected chi connectivity index (χ4v) is 4.68. The van der Waals surface area contributed by atoms with Crippen LogP contribution in [-0.2, 0) is 4.79 Å². The van der Waals surface area contributed by atoms with Crippen LogP contribution < -0.4 is 14.9 Å². The zero-order valence-corrected chi connectivity index (χ0v) is 19.9. The van der Waals surface area contributed by atoms with Crippen molar-refractivity contribution < 1.29 is 23.5 Å². The van der Waals surface area contributed by atoms with E-state index >= 15 is 0 Å². The molecule has 0 aliphatic rings. The summed E-state index contributed by atoms with van der Waals surface area (Å²) in [5, 5.41) is 3.89. The van der Waals surface area contributed by atoms with Crippen LogP contribution in [0.15, 0.2) is 77.7 Å². The first-order chi connectivity index (χ1) is 14.4. The predicted octanol–water partition coefficient (Wildman–Crippen LogP) is 5.32. The van der Waals surface area contributed by atoms with Crippen LogP contribution in [0, 0.1) is 0 Å². The fourth-order valence-electron chi connectivity index (χ4n) is 2.19. The van der Waals surface area contributed by atoms with Crippen molar-refractivity contribution in [1.82, 2.24) is 5.43 Å². The first-order valence-corrected chi connectivity index (χ1v) is 10.8. The molecule has 1 aromatic heterocycles. The van der Waals surface area contributed by atoms with Gasteiger partial charge in [0, 0.05) is 4.47 Å². The molecule has 3 aromatic rings. The van der Waals surface area contributed by atoms with Gasteiger partial charge in [0.1, 0.15) is 11.5 Å². The number of halogens is 3. The third-order valence-electron chi connectivity index (χ3n) is 3.53. The maximum Gasteiger partial charge on any atom is 0.379 e. The highest BCUT2D eigenvalue weighted by Crippen LogP contribution is 2.36. The number of hydrazone groups is 1. The minimum Gasteiger partial charge on any atom is -0.481 e. The molecular formula is C20H13Br3N2O5. The molecule has 10 heteroatoms. The summed E-state index contributed by atoms with van der Waals surface area (Å²) < 4.78 is 17.9. The van der Waals surface area contributed by atoms with Crippen LogP contribution >= 0.6 is 47.8 Å². The number of amides is 1. The molecule has 0 aliphatic carbocycles. The standard InChI is InChI=1S/C20H13Br3N2O5/c21-13-8-15(22)19(16(23)9-13)29-11-18(26)25-24-10-12-3-5-14(6-4-12)30-20(27)17-2-1-7-28-17/h1-10H,11H2,(H,25,26)/b24-10+. The molecule has 0 saturated carbocycles. The maximum atomic E-state index is 11.9. The Balaban J connectivity index is 1.48. The Morgan fingerprint density at radius 2 is 1.77 bits per heavy atom. The zero-order valence-electron chi connectivity index (χ0n) is 15.1. The van der Waals surface area contributed by atoms with Gasteiger partial charge >= 0.3 is 5.97 Å². The lowest BCUT2D eigenvalue weighted by molar-refractivity contribution is -0.123. The van der Waals surface area contributed by atoms with Crippen LogP contribution in [0.5, 0.6) is 11.5 Å². The maximum absolute atomic E-state index is 11.9. The molecule has 1 amide bonds. The molecule has 1 N–H and O–H groups in total. The van der Waals surface area contributed by atoms with E-state index in [1.807, 2.05) is 12.1 Å². The summed E-state index contributed by atoms with van der Waals surface area (Å²) in [6.45, 7) is -0.210. The molecule has 1 heterocycles. The molecule has 154 valence electrons. The SMILES string of the molecule is O=C(COc1c(Br)cc(Br)cc1Br)N/N=C/c1ccc(OC(=O)c2ccco2)cc1. The van der Waals surface area contributed by atoms with E-state index < -0.39 is 11.9 Å². The van der Waals surface area contributed by atoms with Crippen molar-refractivity contribution in [3.63, 3.8) is 0 Å². The summed E-state index contributed by atoms with van der Waals surface area (Å²) in [6.07, 6.45) is 2.85. The lowest BCUT2D eigenvalue weighted by Gasteiger charge is -2.09. The first kappa shape index (κ1) is 22.3. The van der Waals surface area contributed by atoms with Crippen LogP contribution in [0.25, 0.3) is 0 Å². The Bertz CT molecular complexity index is 1040. The minimum atomic E-state index is -0.585. The van der Waals surface area contributed by atoms with Gasteiger partial charge in [0.25, 0.3) is 5.91 Å². The van der Waals surface area contributed by atoms with Gasteiger partial charge in [-0.1, -0.05) is 15.9 Å². The lowest BCUT2D eigenvalue weighted by atomic mass is 10.2. The number of nitrogens with zero attached hydrogens (tertiary/aromatic N) is 1. The quantitative estimate of drug-likeness (QED) is 0.172. The van der Waals surface area contributed by atoms with Gasteiger partial charge in [0.05, 0.1) is 21.4 Å². The molecule has 0 saturated heterocycles. The largest absolute Gasteiger partial charge is 0.481 e. The van der Waals surface area contributed by atoms with Gasteiger partial charge in [0.15, 0.2) is 6.61 Å². The fraction of sp³-hybridized carbons (Fsp3) is 0.0500. The van der Waals surface area contributed by atoms with E-state index in [1.165, 1.54) is 18.5 Å². The first-order valence-electron chi connectivity index (χ1n) is 8.37. The van der Waals surface area contributed by atoms with Crippen molar-refractivity contribution in [1.29, 1.82) is 0 Å². The van der Waals surface area contributed by atoms with Crippen LogP contribution in [-0.4, -0.2) is 24.7 Å². The molecule has 0 aliphatic heterocycles. The monoisotopic (exact) mass is 598 g/mol. The summed E-state index contributed by atoms with van der Waals surface area (Å²) in [5.41, 5.74) is 3.09.